The van der Waals surface area contributed by atoms with Gasteiger partial charge in [0.2, 0.25) is 17.7 Å². The van der Waals surface area contributed by atoms with E-state index < -0.39 is 0 Å². The van der Waals surface area contributed by atoms with E-state index in [9.17, 15) is 14.4 Å². The van der Waals surface area contributed by atoms with E-state index in [4.69, 9.17) is 0 Å². The maximum Gasteiger partial charge on any atom is 0.242 e. The number of piperazine rings is 1. The molecule has 3 rings (SSSR count). The summed E-state index contributed by atoms with van der Waals surface area (Å²) in [5, 5.41) is 5.54. The normalized spacial score (nSPS) is 17.2. The molecule has 1 aromatic rings. The van der Waals surface area contributed by atoms with Crippen LogP contribution in [0.4, 0.5) is 0 Å². The third-order valence-corrected chi connectivity index (χ3v) is 5.24. The van der Waals surface area contributed by atoms with Crippen molar-refractivity contribution in [1.29, 1.82) is 0 Å². The third-order valence-electron chi connectivity index (χ3n) is 5.24. The average Bonchev–Trinajstić information content (AvgIpc) is 3.56. The van der Waals surface area contributed by atoms with Crippen LogP contribution in [0.1, 0.15) is 31.2 Å². The van der Waals surface area contributed by atoms with Crippen LogP contribution >= 0.6 is 0 Å². The molecule has 1 saturated heterocycles. The SMILES string of the molecule is O=C(CCCNC(=O)C1CC1)NCC(=O)N1CCN(Cc2ccccc2)CC1. The fourth-order valence-corrected chi connectivity index (χ4v) is 3.32. The molecule has 1 aliphatic carbocycles. The molecule has 0 radical (unpaired) electrons. The van der Waals surface area contributed by atoms with Crippen LogP contribution < -0.4 is 10.6 Å². The minimum absolute atomic E-state index is 0.0326. The van der Waals surface area contributed by atoms with Gasteiger partial charge in [-0.05, 0) is 24.8 Å². The first kappa shape index (κ1) is 20.3. The molecule has 7 heteroatoms. The fraction of sp³-hybridized carbons (Fsp3) is 0.571. The topological polar surface area (TPSA) is 81.8 Å². The number of carbonyl (C=O) groups is 3. The van der Waals surface area contributed by atoms with E-state index in [0.29, 0.717) is 32.5 Å². The van der Waals surface area contributed by atoms with Crippen LogP contribution in [-0.4, -0.2) is 66.8 Å². The highest BCUT2D eigenvalue weighted by Gasteiger charge is 2.29. The van der Waals surface area contributed by atoms with Crippen molar-refractivity contribution in [2.45, 2.75) is 32.2 Å². The second kappa shape index (κ2) is 10.2. The van der Waals surface area contributed by atoms with Crippen molar-refractivity contribution >= 4 is 17.7 Å². The lowest BCUT2D eigenvalue weighted by Crippen LogP contribution is -2.50. The molecule has 1 aliphatic heterocycles. The van der Waals surface area contributed by atoms with E-state index in [1.54, 1.807) is 0 Å². The van der Waals surface area contributed by atoms with Crippen LogP contribution in [0, 0.1) is 5.92 Å². The summed E-state index contributed by atoms with van der Waals surface area (Å²) >= 11 is 0. The van der Waals surface area contributed by atoms with Gasteiger partial charge in [-0.15, -0.1) is 0 Å². The van der Waals surface area contributed by atoms with E-state index in [2.05, 4.69) is 27.7 Å². The van der Waals surface area contributed by atoms with Gasteiger partial charge >= 0.3 is 0 Å². The summed E-state index contributed by atoms with van der Waals surface area (Å²) in [5.74, 6) is 0.119. The van der Waals surface area contributed by atoms with Crippen molar-refractivity contribution < 1.29 is 14.4 Å². The third kappa shape index (κ3) is 6.64. The average molecular weight is 386 g/mol. The Labute approximate surface area is 166 Å². The molecule has 3 amide bonds. The highest BCUT2D eigenvalue weighted by Crippen LogP contribution is 2.28. The first-order chi connectivity index (χ1) is 13.6. The van der Waals surface area contributed by atoms with Crippen LogP contribution in [0.3, 0.4) is 0 Å². The summed E-state index contributed by atoms with van der Waals surface area (Å²) in [7, 11) is 0. The highest BCUT2D eigenvalue weighted by molar-refractivity contribution is 5.85. The lowest BCUT2D eigenvalue weighted by molar-refractivity contribution is -0.134. The Balaban J connectivity index is 1.25. The van der Waals surface area contributed by atoms with Crippen molar-refractivity contribution in [3.05, 3.63) is 35.9 Å². The van der Waals surface area contributed by atoms with Gasteiger partial charge in [-0.25, -0.2) is 0 Å². The van der Waals surface area contributed by atoms with Crippen LogP contribution in [0.2, 0.25) is 0 Å². The van der Waals surface area contributed by atoms with Crippen LogP contribution in [0.25, 0.3) is 0 Å². The van der Waals surface area contributed by atoms with Gasteiger partial charge < -0.3 is 15.5 Å². The molecule has 28 heavy (non-hydrogen) atoms. The predicted octanol–water partition coefficient (Wildman–Crippen LogP) is 0.753. The van der Waals surface area contributed by atoms with E-state index >= 15 is 0 Å². The zero-order valence-corrected chi connectivity index (χ0v) is 16.4. The summed E-state index contributed by atoms with van der Waals surface area (Å²) in [6, 6.07) is 10.3. The number of benzene rings is 1. The number of nitrogens with zero attached hydrogens (tertiary/aromatic N) is 2. The number of carbonyl (C=O) groups excluding carboxylic acids is 3. The monoisotopic (exact) mass is 386 g/mol. The molecule has 0 unspecified atom stereocenters. The van der Waals surface area contributed by atoms with E-state index in [0.717, 1.165) is 32.5 Å². The molecular weight excluding hydrogens is 356 g/mol. The molecule has 2 aliphatic rings. The predicted molar refractivity (Wildman–Crippen MR) is 106 cm³/mol. The Kier molecular flexibility index (Phi) is 7.42. The maximum absolute atomic E-state index is 12.3. The summed E-state index contributed by atoms with van der Waals surface area (Å²) in [6.07, 6.45) is 2.88. The van der Waals surface area contributed by atoms with Gasteiger partial charge in [0.25, 0.3) is 0 Å². The lowest BCUT2D eigenvalue weighted by Gasteiger charge is -2.34. The Morgan fingerprint density at radius 2 is 1.68 bits per heavy atom. The molecule has 0 spiro atoms. The quantitative estimate of drug-likeness (QED) is 0.614. The molecule has 7 nitrogen and oxygen atoms in total. The first-order valence-electron chi connectivity index (χ1n) is 10.2. The Bertz CT molecular complexity index is 667. The van der Waals surface area contributed by atoms with Crippen LogP contribution in [-0.2, 0) is 20.9 Å². The summed E-state index contributed by atoms with van der Waals surface area (Å²) in [4.78, 5) is 39.8. The molecule has 152 valence electrons. The van der Waals surface area contributed by atoms with Crippen molar-refractivity contribution in [2.75, 3.05) is 39.3 Å². The minimum Gasteiger partial charge on any atom is -0.356 e. The highest BCUT2D eigenvalue weighted by atomic mass is 16.2. The van der Waals surface area contributed by atoms with Gasteiger partial charge in [0.1, 0.15) is 0 Å². The van der Waals surface area contributed by atoms with Crippen molar-refractivity contribution in [3.8, 4) is 0 Å². The summed E-state index contributed by atoms with van der Waals surface area (Å²) < 4.78 is 0. The van der Waals surface area contributed by atoms with Crippen molar-refractivity contribution in [1.82, 2.24) is 20.4 Å². The minimum atomic E-state index is -0.142. The largest absolute Gasteiger partial charge is 0.356 e. The zero-order valence-electron chi connectivity index (χ0n) is 16.4. The molecule has 2 N–H and O–H groups in total. The molecule has 0 bridgehead atoms. The van der Waals surface area contributed by atoms with Gasteiger partial charge in [0.15, 0.2) is 0 Å². The summed E-state index contributed by atoms with van der Waals surface area (Å²) in [6.45, 7) is 4.52. The van der Waals surface area contributed by atoms with Crippen molar-refractivity contribution in [3.63, 3.8) is 0 Å². The fourth-order valence-electron chi connectivity index (χ4n) is 3.32. The van der Waals surface area contributed by atoms with Crippen LogP contribution in [0.5, 0.6) is 0 Å². The standard InChI is InChI=1S/C21H30N4O3/c26-19(7-4-10-22-21(28)18-8-9-18)23-15-20(27)25-13-11-24(12-14-25)16-17-5-2-1-3-6-17/h1-3,5-6,18H,4,7-16H2,(H,22,28)(H,23,26). The second-order valence-electron chi connectivity index (χ2n) is 7.59. The van der Waals surface area contributed by atoms with Crippen LogP contribution in [0.15, 0.2) is 30.3 Å². The van der Waals surface area contributed by atoms with E-state index in [-0.39, 0.29) is 30.2 Å². The lowest BCUT2D eigenvalue weighted by atomic mass is 10.2. The van der Waals surface area contributed by atoms with Gasteiger partial charge in [0.05, 0.1) is 6.54 Å². The van der Waals surface area contributed by atoms with Gasteiger partial charge in [-0.2, -0.15) is 0 Å². The summed E-state index contributed by atoms with van der Waals surface area (Å²) in [5.41, 5.74) is 1.28. The number of nitrogens with one attached hydrogen (secondary N) is 2. The molecule has 0 aromatic heterocycles. The molecule has 2 fully saturated rings. The zero-order chi connectivity index (χ0) is 19.8. The number of amides is 3. The maximum atomic E-state index is 12.3. The molecule has 0 atom stereocenters. The van der Waals surface area contributed by atoms with E-state index in [1.165, 1.54) is 5.56 Å². The van der Waals surface area contributed by atoms with Gasteiger partial charge in [0, 0.05) is 51.6 Å². The Morgan fingerprint density at radius 1 is 0.964 bits per heavy atom. The smallest absolute Gasteiger partial charge is 0.242 e. The number of hydrogen-bond acceptors (Lipinski definition) is 4. The number of rotatable bonds is 9. The second-order valence-corrected chi connectivity index (χ2v) is 7.59. The molecule has 1 heterocycles. The van der Waals surface area contributed by atoms with Crippen molar-refractivity contribution in [2.24, 2.45) is 5.92 Å². The Morgan fingerprint density at radius 3 is 2.36 bits per heavy atom. The Hall–Kier alpha value is -2.41. The number of hydrogen-bond donors (Lipinski definition) is 2. The molecular formula is C21H30N4O3. The van der Waals surface area contributed by atoms with Gasteiger partial charge in [-0.1, -0.05) is 30.3 Å². The van der Waals surface area contributed by atoms with E-state index in [1.807, 2.05) is 23.1 Å². The van der Waals surface area contributed by atoms with Gasteiger partial charge in [-0.3, -0.25) is 19.3 Å². The molecule has 1 saturated carbocycles. The molecule has 1 aromatic carbocycles. The first-order valence-corrected chi connectivity index (χ1v) is 10.2.